The molecule has 0 aliphatic carbocycles. The minimum absolute atomic E-state index is 0.0106. The number of anilines is 1. The average Bonchev–Trinajstić information content (AvgIpc) is 2.20. The Hall–Kier alpha value is -0.780. The zero-order valence-corrected chi connectivity index (χ0v) is 10.3. The van der Waals surface area contributed by atoms with Crippen LogP contribution in [0, 0.1) is 3.57 Å². The number of benzene rings is 1. The maximum atomic E-state index is 11.2. The molecule has 0 aliphatic rings. The third kappa shape index (κ3) is 3.17. The van der Waals surface area contributed by atoms with E-state index in [9.17, 15) is 4.79 Å². The van der Waals surface area contributed by atoms with E-state index in [0.717, 1.165) is 5.69 Å². The lowest BCUT2D eigenvalue weighted by Gasteiger charge is -2.13. The Morgan fingerprint density at radius 1 is 1.36 bits per heavy atom. The Morgan fingerprint density at radius 3 is 2.43 bits per heavy atom. The summed E-state index contributed by atoms with van der Waals surface area (Å²) in [6, 6.07) is 7.71. The summed E-state index contributed by atoms with van der Waals surface area (Å²) in [5.41, 5.74) is 0.960. The second kappa shape index (κ2) is 5.19. The summed E-state index contributed by atoms with van der Waals surface area (Å²) in [6.45, 7) is 1.83. The maximum Gasteiger partial charge on any atom is 0.241 e. The number of carbonyl (C=O) groups is 1. The molecule has 2 N–H and O–H groups in total. The summed E-state index contributed by atoms with van der Waals surface area (Å²) >= 11 is 2.24. The number of hydrogen-bond donors (Lipinski definition) is 2. The van der Waals surface area contributed by atoms with Gasteiger partial charge in [-0.25, -0.2) is 0 Å². The molecule has 0 radical (unpaired) electrons. The highest BCUT2D eigenvalue weighted by Crippen LogP contribution is 2.11. The van der Waals surface area contributed by atoms with Crippen molar-refractivity contribution in [3.8, 4) is 0 Å². The zero-order valence-electron chi connectivity index (χ0n) is 8.17. The Kier molecular flexibility index (Phi) is 4.19. The summed E-state index contributed by atoms with van der Waals surface area (Å²) in [4.78, 5) is 11.2. The van der Waals surface area contributed by atoms with Crippen LogP contribution >= 0.6 is 22.6 Å². The maximum absolute atomic E-state index is 11.2. The minimum atomic E-state index is -0.208. The summed E-state index contributed by atoms with van der Waals surface area (Å²) in [5.74, 6) is -0.0106. The van der Waals surface area contributed by atoms with Crippen LogP contribution in [0.1, 0.15) is 6.92 Å². The van der Waals surface area contributed by atoms with Gasteiger partial charge in [-0.15, -0.1) is 0 Å². The van der Waals surface area contributed by atoms with Crippen molar-refractivity contribution in [3.05, 3.63) is 27.8 Å². The van der Waals surface area contributed by atoms with Gasteiger partial charge in [0.1, 0.15) is 6.04 Å². The van der Waals surface area contributed by atoms with E-state index in [1.807, 2.05) is 31.2 Å². The number of nitrogens with one attached hydrogen (secondary N) is 2. The third-order valence-corrected chi connectivity index (χ3v) is 2.59. The Bertz CT molecular complexity index is 310. The molecule has 0 saturated heterocycles. The van der Waals surface area contributed by atoms with Crippen LogP contribution < -0.4 is 10.6 Å². The Morgan fingerprint density at radius 2 is 1.93 bits per heavy atom. The number of rotatable bonds is 3. The number of halogens is 1. The second-order valence-corrected chi connectivity index (χ2v) is 4.23. The molecule has 1 rings (SSSR count). The van der Waals surface area contributed by atoms with Gasteiger partial charge in [0.25, 0.3) is 0 Å². The van der Waals surface area contributed by atoms with Crippen LogP contribution in [0.15, 0.2) is 24.3 Å². The van der Waals surface area contributed by atoms with E-state index < -0.39 is 0 Å². The predicted octanol–water partition coefficient (Wildman–Crippen LogP) is 1.84. The molecule has 0 bridgehead atoms. The molecular formula is C10H13IN2O. The molecule has 14 heavy (non-hydrogen) atoms. The van der Waals surface area contributed by atoms with Gasteiger partial charge >= 0.3 is 0 Å². The lowest BCUT2D eigenvalue weighted by atomic mass is 10.2. The van der Waals surface area contributed by atoms with Crippen LogP contribution in [0.4, 0.5) is 5.69 Å². The zero-order chi connectivity index (χ0) is 10.6. The van der Waals surface area contributed by atoms with E-state index in [-0.39, 0.29) is 11.9 Å². The van der Waals surface area contributed by atoms with Gasteiger partial charge in [-0.3, -0.25) is 4.79 Å². The second-order valence-electron chi connectivity index (χ2n) is 2.99. The molecule has 0 spiro atoms. The molecule has 0 saturated carbocycles. The monoisotopic (exact) mass is 304 g/mol. The van der Waals surface area contributed by atoms with Gasteiger partial charge in [0.15, 0.2) is 0 Å². The standard InChI is InChI=1S/C10H13IN2O/c1-7(10(14)12-2)13-9-5-3-8(11)4-6-9/h3-7,13H,1-2H3,(H,12,14). The SMILES string of the molecule is CNC(=O)C(C)Nc1ccc(I)cc1. The van der Waals surface area contributed by atoms with E-state index in [1.54, 1.807) is 7.05 Å². The molecule has 76 valence electrons. The molecule has 1 unspecified atom stereocenters. The fourth-order valence-corrected chi connectivity index (χ4v) is 1.44. The van der Waals surface area contributed by atoms with Gasteiger partial charge in [0.2, 0.25) is 5.91 Å². The predicted molar refractivity (Wildman–Crippen MR) is 66.3 cm³/mol. The first-order valence-corrected chi connectivity index (χ1v) is 5.45. The van der Waals surface area contributed by atoms with Crippen LogP contribution in [0.5, 0.6) is 0 Å². The molecular weight excluding hydrogens is 291 g/mol. The van der Waals surface area contributed by atoms with E-state index in [2.05, 4.69) is 33.2 Å². The number of carbonyl (C=O) groups excluding carboxylic acids is 1. The first-order chi connectivity index (χ1) is 6.63. The Labute approximate surface area is 97.4 Å². The lowest BCUT2D eigenvalue weighted by molar-refractivity contribution is -0.121. The summed E-state index contributed by atoms with van der Waals surface area (Å²) in [5, 5.41) is 5.70. The molecule has 1 atom stereocenters. The minimum Gasteiger partial charge on any atom is -0.374 e. The van der Waals surface area contributed by atoms with Crippen LogP contribution in [0.2, 0.25) is 0 Å². The van der Waals surface area contributed by atoms with Crippen molar-refractivity contribution < 1.29 is 4.79 Å². The molecule has 1 aromatic carbocycles. The van der Waals surface area contributed by atoms with E-state index in [4.69, 9.17) is 0 Å². The lowest BCUT2D eigenvalue weighted by Crippen LogP contribution is -2.35. The average molecular weight is 304 g/mol. The number of amides is 1. The molecule has 0 aromatic heterocycles. The highest BCUT2D eigenvalue weighted by Gasteiger charge is 2.09. The number of likely N-dealkylation sites (N-methyl/N-ethyl adjacent to an activating group) is 1. The molecule has 0 aliphatic heterocycles. The molecule has 0 fully saturated rings. The summed E-state index contributed by atoms with van der Waals surface area (Å²) in [6.07, 6.45) is 0. The fraction of sp³-hybridized carbons (Fsp3) is 0.300. The normalized spacial score (nSPS) is 11.9. The topological polar surface area (TPSA) is 41.1 Å². The van der Waals surface area contributed by atoms with Crippen LogP contribution in [0.25, 0.3) is 0 Å². The van der Waals surface area contributed by atoms with Gasteiger partial charge in [-0.05, 0) is 53.8 Å². The van der Waals surface area contributed by atoms with Crippen LogP contribution in [-0.4, -0.2) is 19.0 Å². The highest BCUT2D eigenvalue weighted by molar-refractivity contribution is 14.1. The highest BCUT2D eigenvalue weighted by atomic mass is 127. The van der Waals surface area contributed by atoms with Crippen LogP contribution in [0.3, 0.4) is 0 Å². The van der Waals surface area contributed by atoms with Gasteiger partial charge in [0.05, 0.1) is 0 Å². The van der Waals surface area contributed by atoms with E-state index in [0.29, 0.717) is 0 Å². The van der Waals surface area contributed by atoms with Crippen molar-refractivity contribution in [2.45, 2.75) is 13.0 Å². The van der Waals surface area contributed by atoms with Crippen molar-refractivity contribution in [1.29, 1.82) is 0 Å². The Balaban J connectivity index is 2.60. The van der Waals surface area contributed by atoms with Crippen molar-refractivity contribution in [2.75, 3.05) is 12.4 Å². The van der Waals surface area contributed by atoms with Gasteiger partial charge < -0.3 is 10.6 Å². The van der Waals surface area contributed by atoms with E-state index in [1.165, 1.54) is 3.57 Å². The van der Waals surface area contributed by atoms with Crippen molar-refractivity contribution >= 4 is 34.2 Å². The van der Waals surface area contributed by atoms with Crippen molar-refractivity contribution in [3.63, 3.8) is 0 Å². The smallest absolute Gasteiger partial charge is 0.241 e. The first-order valence-electron chi connectivity index (χ1n) is 4.37. The van der Waals surface area contributed by atoms with Crippen LogP contribution in [-0.2, 0) is 4.79 Å². The fourth-order valence-electron chi connectivity index (χ4n) is 1.08. The van der Waals surface area contributed by atoms with Gasteiger partial charge in [0, 0.05) is 16.3 Å². The quantitative estimate of drug-likeness (QED) is 0.837. The first kappa shape index (κ1) is 11.3. The molecule has 1 amide bonds. The summed E-state index contributed by atoms with van der Waals surface area (Å²) in [7, 11) is 1.63. The molecule has 4 heteroatoms. The van der Waals surface area contributed by atoms with Crippen molar-refractivity contribution in [1.82, 2.24) is 5.32 Å². The van der Waals surface area contributed by atoms with Gasteiger partial charge in [-0.2, -0.15) is 0 Å². The molecule has 1 aromatic rings. The molecule has 0 heterocycles. The van der Waals surface area contributed by atoms with E-state index >= 15 is 0 Å². The largest absolute Gasteiger partial charge is 0.374 e. The third-order valence-electron chi connectivity index (χ3n) is 1.87. The number of hydrogen-bond acceptors (Lipinski definition) is 2. The molecule has 3 nitrogen and oxygen atoms in total. The van der Waals surface area contributed by atoms with Crippen molar-refractivity contribution in [2.24, 2.45) is 0 Å². The van der Waals surface area contributed by atoms with Gasteiger partial charge in [-0.1, -0.05) is 0 Å². The summed E-state index contributed by atoms with van der Waals surface area (Å²) < 4.78 is 1.18.